The first kappa shape index (κ1) is 15.7. The third-order valence-corrected chi connectivity index (χ3v) is 5.54. The summed E-state index contributed by atoms with van der Waals surface area (Å²) in [5, 5.41) is 10.5. The van der Waals surface area contributed by atoms with E-state index in [1.165, 1.54) is 16.0 Å². The number of nitrogens with zero attached hydrogens (tertiary/aromatic N) is 2. The number of aryl methyl sites for hydroxylation is 2. The van der Waals surface area contributed by atoms with Gasteiger partial charge >= 0.3 is 0 Å². The molecule has 1 aliphatic heterocycles. The van der Waals surface area contributed by atoms with Gasteiger partial charge in [0, 0.05) is 17.5 Å². The molecule has 118 valence electrons. The summed E-state index contributed by atoms with van der Waals surface area (Å²) < 4.78 is 0. The quantitative estimate of drug-likeness (QED) is 0.940. The third kappa shape index (κ3) is 3.57. The molecule has 4 heteroatoms. The molecule has 0 amide bonds. The predicted octanol–water partition coefficient (Wildman–Crippen LogP) is 3.33. The first-order valence-electron chi connectivity index (χ1n) is 8.00. The van der Waals surface area contributed by atoms with Gasteiger partial charge in [0.15, 0.2) is 0 Å². The van der Waals surface area contributed by atoms with Crippen LogP contribution in [-0.4, -0.2) is 33.7 Å². The zero-order valence-electron chi connectivity index (χ0n) is 13.3. The lowest BCUT2D eigenvalue weighted by Crippen LogP contribution is -2.48. The lowest BCUT2D eigenvalue weighted by molar-refractivity contribution is 0.00711. The Balaban J connectivity index is 1.75. The van der Waals surface area contributed by atoms with Crippen LogP contribution in [0.5, 0.6) is 0 Å². The molecule has 1 fully saturated rings. The number of rotatable bonds is 4. The summed E-state index contributed by atoms with van der Waals surface area (Å²) in [5.74, 6) is 0. The highest BCUT2D eigenvalue weighted by molar-refractivity contribution is 7.09. The zero-order chi connectivity index (χ0) is 15.5. The lowest BCUT2D eigenvalue weighted by atomic mass is 9.92. The van der Waals surface area contributed by atoms with E-state index in [2.05, 4.69) is 48.0 Å². The smallest absolute Gasteiger partial charge is 0.0798 e. The van der Waals surface area contributed by atoms with E-state index in [0.717, 1.165) is 38.0 Å². The number of benzene rings is 1. The van der Waals surface area contributed by atoms with Gasteiger partial charge in [-0.05, 0) is 45.2 Å². The predicted molar refractivity (Wildman–Crippen MR) is 91.2 cm³/mol. The second-order valence-electron chi connectivity index (χ2n) is 6.30. The molecule has 0 spiro atoms. The second-order valence-corrected chi connectivity index (χ2v) is 7.24. The number of aliphatic hydroxyl groups excluding tert-OH is 1. The Labute approximate surface area is 136 Å². The molecule has 3 rings (SSSR count). The Morgan fingerprint density at radius 2 is 2.05 bits per heavy atom. The van der Waals surface area contributed by atoms with Crippen molar-refractivity contribution in [2.24, 2.45) is 0 Å². The number of hydrogen-bond donors (Lipinski definition) is 1. The van der Waals surface area contributed by atoms with Crippen LogP contribution in [-0.2, 0) is 13.0 Å². The maximum atomic E-state index is 10.5. The van der Waals surface area contributed by atoms with Crippen LogP contribution in [0.15, 0.2) is 29.8 Å². The fourth-order valence-electron chi connectivity index (χ4n) is 3.19. The van der Waals surface area contributed by atoms with Crippen molar-refractivity contribution in [3.8, 4) is 0 Å². The molecule has 22 heavy (non-hydrogen) atoms. The van der Waals surface area contributed by atoms with Gasteiger partial charge in [-0.1, -0.05) is 29.8 Å². The Morgan fingerprint density at radius 3 is 2.73 bits per heavy atom. The van der Waals surface area contributed by atoms with Gasteiger partial charge in [0.2, 0.25) is 0 Å². The van der Waals surface area contributed by atoms with E-state index in [0.29, 0.717) is 0 Å². The first-order chi connectivity index (χ1) is 10.6. The molecular formula is C18H24N2OS. The van der Waals surface area contributed by atoms with E-state index in [1.54, 1.807) is 11.3 Å². The van der Waals surface area contributed by atoms with Gasteiger partial charge in [-0.3, -0.25) is 4.90 Å². The molecule has 1 aromatic carbocycles. The van der Waals surface area contributed by atoms with Crippen LogP contribution in [0.2, 0.25) is 0 Å². The highest BCUT2D eigenvalue weighted by Gasteiger charge is 2.30. The summed E-state index contributed by atoms with van der Waals surface area (Å²) in [4.78, 5) is 8.11. The average molecular weight is 316 g/mol. The van der Waals surface area contributed by atoms with Crippen molar-refractivity contribution >= 4 is 11.3 Å². The maximum Gasteiger partial charge on any atom is 0.0798 e. The third-order valence-electron chi connectivity index (χ3n) is 4.62. The van der Waals surface area contributed by atoms with Gasteiger partial charge in [0.05, 0.1) is 17.3 Å². The van der Waals surface area contributed by atoms with Gasteiger partial charge in [0.1, 0.15) is 0 Å². The monoisotopic (exact) mass is 316 g/mol. The van der Waals surface area contributed by atoms with Crippen molar-refractivity contribution in [1.29, 1.82) is 0 Å². The topological polar surface area (TPSA) is 36.4 Å². The van der Waals surface area contributed by atoms with E-state index < -0.39 is 0 Å². The maximum absolute atomic E-state index is 10.5. The van der Waals surface area contributed by atoms with E-state index in [-0.39, 0.29) is 12.1 Å². The van der Waals surface area contributed by atoms with Crippen molar-refractivity contribution in [3.63, 3.8) is 0 Å². The summed E-state index contributed by atoms with van der Waals surface area (Å²) in [6.07, 6.45) is 2.67. The molecule has 1 aromatic heterocycles. The SMILES string of the molecule is Cc1ccc(C[C@H]2[C@@H](O)CCCN2Cc2scnc2C)cc1. The van der Waals surface area contributed by atoms with Gasteiger partial charge in [-0.2, -0.15) is 0 Å². The fraction of sp³-hybridized carbons (Fsp3) is 0.500. The minimum atomic E-state index is -0.233. The van der Waals surface area contributed by atoms with Crippen molar-refractivity contribution in [1.82, 2.24) is 9.88 Å². The van der Waals surface area contributed by atoms with Crippen molar-refractivity contribution in [2.75, 3.05) is 6.54 Å². The number of aliphatic hydroxyl groups is 1. The second kappa shape index (κ2) is 6.90. The molecular weight excluding hydrogens is 292 g/mol. The van der Waals surface area contributed by atoms with Crippen LogP contribution in [0.1, 0.15) is 34.5 Å². The molecule has 1 saturated heterocycles. The molecule has 0 saturated carbocycles. The molecule has 0 radical (unpaired) electrons. The zero-order valence-corrected chi connectivity index (χ0v) is 14.1. The molecule has 0 bridgehead atoms. The lowest BCUT2D eigenvalue weighted by Gasteiger charge is -2.39. The normalized spacial score (nSPS) is 22.9. The Morgan fingerprint density at radius 1 is 1.27 bits per heavy atom. The van der Waals surface area contributed by atoms with E-state index in [4.69, 9.17) is 0 Å². The summed E-state index contributed by atoms with van der Waals surface area (Å²) in [6.45, 7) is 6.15. The van der Waals surface area contributed by atoms with Crippen LogP contribution in [0, 0.1) is 13.8 Å². The largest absolute Gasteiger partial charge is 0.391 e. The van der Waals surface area contributed by atoms with Crippen molar-refractivity contribution in [3.05, 3.63) is 51.5 Å². The van der Waals surface area contributed by atoms with E-state index >= 15 is 0 Å². The Kier molecular flexibility index (Phi) is 4.91. The standard InChI is InChI=1S/C18H24N2OS/c1-13-5-7-15(8-6-13)10-16-17(21)4-3-9-20(16)11-18-14(2)19-12-22-18/h5-8,12,16-17,21H,3-4,9-11H2,1-2H3/t16-,17-/m0/s1. The van der Waals surface area contributed by atoms with Crippen molar-refractivity contribution < 1.29 is 5.11 Å². The Bertz CT molecular complexity index is 608. The summed E-state index contributed by atoms with van der Waals surface area (Å²) >= 11 is 1.72. The molecule has 2 atom stereocenters. The molecule has 2 aromatic rings. The average Bonchev–Trinajstić information content (AvgIpc) is 2.90. The molecule has 0 aliphatic carbocycles. The highest BCUT2D eigenvalue weighted by atomic mass is 32.1. The molecule has 2 heterocycles. The summed E-state index contributed by atoms with van der Waals surface area (Å²) in [5.41, 5.74) is 5.63. The molecule has 0 unspecified atom stereocenters. The van der Waals surface area contributed by atoms with Crippen LogP contribution in [0.25, 0.3) is 0 Å². The van der Waals surface area contributed by atoms with Crippen LogP contribution >= 0.6 is 11.3 Å². The fourth-order valence-corrected chi connectivity index (χ4v) is 4.00. The number of aromatic nitrogens is 1. The van der Waals surface area contributed by atoms with Crippen LogP contribution < -0.4 is 0 Å². The summed E-state index contributed by atoms with van der Waals surface area (Å²) in [6, 6.07) is 8.89. The van der Waals surface area contributed by atoms with E-state index in [1.807, 2.05) is 5.51 Å². The van der Waals surface area contributed by atoms with Gasteiger partial charge in [-0.25, -0.2) is 4.98 Å². The van der Waals surface area contributed by atoms with Gasteiger partial charge in [0.25, 0.3) is 0 Å². The molecule has 1 N–H and O–H groups in total. The van der Waals surface area contributed by atoms with Gasteiger partial charge < -0.3 is 5.11 Å². The highest BCUT2D eigenvalue weighted by Crippen LogP contribution is 2.25. The number of piperidine rings is 1. The van der Waals surface area contributed by atoms with Crippen molar-refractivity contribution in [2.45, 2.75) is 51.8 Å². The van der Waals surface area contributed by atoms with Crippen LogP contribution in [0.4, 0.5) is 0 Å². The molecule has 3 nitrogen and oxygen atoms in total. The number of hydrogen-bond acceptors (Lipinski definition) is 4. The Hall–Kier alpha value is -1.23. The number of likely N-dealkylation sites (tertiary alicyclic amines) is 1. The van der Waals surface area contributed by atoms with Gasteiger partial charge in [-0.15, -0.1) is 11.3 Å². The minimum absolute atomic E-state index is 0.206. The molecule has 1 aliphatic rings. The first-order valence-corrected chi connectivity index (χ1v) is 8.88. The van der Waals surface area contributed by atoms with E-state index in [9.17, 15) is 5.11 Å². The van der Waals surface area contributed by atoms with Crippen LogP contribution in [0.3, 0.4) is 0 Å². The number of thiazole rings is 1. The summed E-state index contributed by atoms with van der Waals surface area (Å²) in [7, 11) is 0. The minimum Gasteiger partial charge on any atom is -0.391 e.